The average molecular weight is 272 g/mol. The summed E-state index contributed by atoms with van der Waals surface area (Å²) in [6.45, 7) is 0.903. The van der Waals surface area contributed by atoms with Crippen LogP contribution >= 0.6 is 0 Å². The predicted molar refractivity (Wildman–Crippen MR) is 66.3 cm³/mol. The van der Waals surface area contributed by atoms with Crippen molar-refractivity contribution in [1.29, 1.82) is 0 Å². The fraction of sp³-hybridized carbons (Fsp3) is 0.600. The summed E-state index contributed by atoms with van der Waals surface area (Å²) in [7, 11) is 4.33. The summed E-state index contributed by atoms with van der Waals surface area (Å²) in [6, 6.07) is 0. The van der Waals surface area contributed by atoms with E-state index < -0.39 is 4.92 Å². The number of anilines is 1. The molecule has 0 aliphatic rings. The smallest absolute Gasteiger partial charge is 0.372 e. The molecular weight excluding hydrogens is 256 g/mol. The van der Waals surface area contributed by atoms with Gasteiger partial charge in [-0.05, 0) is 0 Å². The maximum atomic E-state index is 11.0. The van der Waals surface area contributed by atoms with E-state index in [-0.39, 0.29) is 24.0 Å². The lowest BCUT2D eigenvalue weighted by Gasteiger charge is -2.09. The van der Waals surface area contributed by atoms with Gasteiger partial charge in [0.1, 0.15) is 6.61 Å². The summed E-state index contributed by atoms with van der Waals surface area (Å²) in [5.74, 6) is 0.276. The zero-order valence-corrected chi connectivity index (χ0v) is 11.0. The lowest BCUT2D eigenvalue weighted by atomic mass is 10.4. The first kappa shape index (κ1) is 15.1. The fourth-order valence-electron chi connectivity index (χ4n) is 1.37. The Morgan fingerprint density at radius 1 is 1.26 bits per heavy atom. The second kappa shape index (κ2) is 7.44. The fourth-order valence-corrected chi connectivity index (χ4v) is 1.37. The number of ether oxygens (including phenoxy) is 3. The number of nitrogens with one attached hydrogen (secondary N) is 1. The minimum atomic E-state index is -0.593. The Kier molecular flexibility index (Phi) is 5.90. The van der Waals surface area contributed by atoms with Gasteiger partial charge in [-0.1, -0.05) is 0 Å². The first-order valence-electron chi connectivity index (χ1n) is 5.45. The maximum Gasteiger partial charge on any atom is 0.372 e. The molecule has 1 aromatic heterocycles. The first-order chi connectivity index (χ1) is 9.13. The lowest BCUT2D eigenvalue weighted by Crippen LogP contribution is -2.13. The normalized spacial score (nSPS) is 10.3. The summed E-state index contributed by atoms with van der Waals surface area (Å²) in [6.07, 6.45) is 0. The van der Waals surface area contributed by atoms with Gasteiger partial charge in [-0.2, -0.15) is 4.98 Å². The number of hydrogen-bond acceptors (Lipinski definition) is 8. The van der Waals surface area contributed by atoms with Crippen molar-refractivity contribution in [3.63, 3.8) is 0 Å². The van der Waals surface area contributed by atoms with Crippen LogP contribution in [0.25, 0.3) is 0 Å². The molecule has 1 rings (SSSR count). The van der Waals surface area contributed by atoms with E-state index in [1.54, 1.807) is 0 Å². The number of rotatable bonds is 8. The molecule has 9 nitrogen and oxygen atoms in total. The minimum absolute atomic E-state index is 0.0842. The van der Waals surface area contributed by atoms with Crippen molar-refractivity contribution in [2.75, 3.05) is 39.8 Å². The highest BCUT2D eigenvalue weighted by atomic mass is 16.6. The van der Waals surface area contributed by atoms with E-state index >= 15 is 0 Å². The molecule has 0 saturated heterocycles. The largest absolute Gasteiger partial charge is 0.476 e. The van der Waals surface area contributed by atoms with Crippen molar-refractivity contribution in [1.82, 2.24) is 9.97 Å². The quantitative estimate of drug-likeness (QED) is 0.416. The summed E-state index contributed by atoms with van der Waals surface area (Å²) < 4.78 is 14.7. The number of nitrogens with zero attached hydrogens (tertiary/aromatic N) is 3. The van der Waals surface area contributed by atoms with Crippen molar-refractivity contribution in [3.8, 4) is 5.88 Å². The van der Waals surface area contributed by atoms with Gasteiger partial charge in [0.2, 0.25) is 5.82 Å². The van der Waals surface area contributed by atoms with Gasteiger partial charge in [-0.3, -0.25) is 10.1 Å². The van der Waals surface area contributed by atoms with Crippen LogP contribution in [0.4, 0.5) is 11.5 Å². The van der Waals surface area contributed by atoms with E-state index in [4.69, 9.17) is 14.2 Å². The molecular formula is C10H16N4O5. The SMILES string of the molecule is COCCNc1nc(COC)nc(OC)c1[N+](=O)[O-]. The van der Waals surface area contributed by atoms with Crippen molar-refractivity contribution in [3.05, 3.63) is 15.9 Å². The van der Waals surface area contributed by atoms with Crippen molar-refractivity contribution in [2.45, 2.75) is 6.61 Å². The maximum absolute atomic E-state index is 11.0. The van der Waals surface area contributed by atoms with E-state index in [1.165, 1.54) is 21.3 Å². The highest BCUT2D eigenvalue weighted by Crippen LogP contribution is 2.31. The molecule has 0 aromatic carbocycles. The Bertz CT molecular complexity index is 440. The van der Waals surface area contributed by atoms with Crippen LogP contribution < -0.4 is 10.1 Å². The van der Waals surface area contributed by atoms with E-state index in [0.717, 1.165) is 0 Å². The zero-order chi connectivity index (χ0) is 14.3. The lowest BCUT2D eigenvalue weighted by molar-refractivity contribution is -0.385. The summed E-state index contributed by atoms with van der Waals surface area (Å²) in [4.78, 5) is 18.4. The molecule has 0 aliphatic carbocycles. The third-order valence-electron chi connectivity index (χ3n) is 2.15. The molecule has 0 unspecified atom stereocenters. The molecule has 1 N–H and O–H groups in total. The minimum Gasteiger partial charge on any atom is -0.476 e. The van der Waals surface area contributed by atoms with Gasteiger partial charge in [0.05, 0.1) is 18.6 Å². The molecule has 0 spiro atoms. The van der Waals surface area contributed by atoms with E-state index in [0.29, 0.717) is 19.0 Å². The molecule has 106 valence electrons. The molecule has 0 amide bonds. The highest BCUT2D eigenvalue weighted by molar-refractivity contribution is 5.61. The Morgan fingerprint density at radius 2 is 2.00 bits per heavy atom. The Morgan fingerprint density at radius 3 is 2.53 bits per heavy atom. The topological polar surface area (TPSA) is 109 Å². The van der Waals surface area contributed by atoms with Crippen LogP contribution in [0.2, 0.25) is 0 Å². The molecule has 1 aromatic rings. The molecule has 0 aliphatic heterocycles. The Hall–Kier alpha value is -2.00. The molecule has 9 heteroatoms. The Labute approximate surface area is 110 Å². The third-order valence-corrected chi connectivity index (χ3v) is 2.15. The summed E-state index contributed by atoms with van der Waals surface area (Å²) in [5.41, 5.74) is -0.307. The van der Waals surface area contributed by atoms with Crippen molar-refractivity contribution < 1.29 is 19.1 Å². The van der Waals surface area contributed by atoms with Gasteiger partial charge >= 0.3 is 5.69 Å². The standard InChI is InChI=1S/C10H16N4O5/c1-17-5-4-11-9-8(14(15)16)10(19-3)13-7(12-9)6-18-2/h4-6H2,1-3H3,(H,11,12,13). The molecule has 0 saturated carbocycles. The number of hydrogen-bond donors (Lipinski definition) is 1. The van der Waals surface area contributed by atoms with Crippen LogP contribution in [0.5, 0.6) is 5.88 Å². The monoisotopic (exact) mass is 272 g/mol. The molecule has 0 atom stereocenters. The van der Waals surface area contributed by atoms with Crippen LogP contribution in [-0.2, 0) is 16.1 Å². The molecule has 0 bridgehead atoms. The van der Waals surface area contributed by atoms with Gasteiger partial charge in [0, 0.05) is 20.8 Å². The van der Waals surface area contributed by atoms with Gasteiger partial charge in [-0.15, -0.1) is 0 Å². The molecule has 0 radical (unpaired) electrons. The van der Waals surface area contributed by atoms with Crippen LogP contribution in [0.15, 0.2) is 0 Å². The van der Waals surface area contributed by atoms with Gasteiger partial charge < -0.3 is 19.5 Å². The van der Waals surface area contributed by atoms with E-state index in [9.17, 15) is 10.1 Å². The second-order valence-corrected chi connectivity index (χ2v) is 3.46. The van der Waals surface area contributed by atoms with Crippen molar-refractivity contribution in [2.24, 2.45) is 0 Å². The van der Waals surface area contributed by atoms with Crippen LogP contribution in [0, 0.1) is 10.1 Å². The van der Waals surface area contributed by atoms with Crippen LogP contribution in [0.1, 0.15) is 5.82 Å². The number of nitro groups is 1. The third kappa shape index (κ3) is 4.00. The average Bonchev–Trinajstić information content (AvgIpc) is 2.38. The predicted octanol–water partition coefficient (Wildman–Crippen LogP) is 0.598. The Balaban J connectivity index is 3.12. The van der Waals surface area contributed by atoms with Gasteiger partial charge in [0.25, 0.3) is 5.88 Å². The van der Waals surface area contributed by atoms with E-state index in [1.807, 2.05) is 0 Å². The molecule has 19 heavy (non-hydrogen) atoms. The van der Waals surface area contributed by atoms with Crippen LogP contribution in [-0.4, -0.2) is 49.4 Å². The summed E-state index contributed by atoms with van der Waals surface area (Å²) in [5, 5.41) is 13.9. The zero-order valence-electron chi connectivity index (χ0n) is 11.0. The van der Waals surface area contributed by atoms with Crippen LogP contribution in [0.3, 0.4) is 0 Å². The summed E-state index contributed by atoms with van der Waals surface area (Å²) >= 11 is 0. The number of methoxy groups -OCH3 is 3. The van der Waals surface area contributed by atoms with E-state index in [2.05, 4.69) is 15.3 Å². The van der Waals surface area contributed by atoms with Gasteiger partial charge in [0.15, 0.2) is 5.82 Å². The molecule has 0 fully saturated rings. The second-order valence-electron chi connectivity index (χ2n) is 3.46. The van der Waals surface area contributed by atoms with Gasteiger partial charge in [-0.25, -0.2) is 4.98 Å². The van der Waals surface area contributed by atoms with Crippen molar-refractivity contribution >= 4 is 11.5 Å². The highest BCUT2D eigenvalue weighted by Gasteiger charge is 2.25. The molecule has 1 heterocycles. The number of aromatic nitrogens is 2. The first-order valence-corrected chi connectivity index (χ1v) is 5.45.